The van der Waals surface area contributed by atoms with Gasteiger partial charge in [-0.15, -0.1) is 30.4 Å². The third kappa shape index (κ3) is 7.56. The van der Waals surface area contributed by atoms with E-state index in [1.807, 2.05) is 13.8 Å². The first-order valence-electron chi connectivity index (χ1n) is 6.48. The molecule has 0 radical (unpaired) electrons. The highest BCUT2D eigenvalue weighted by Gasteiger charge is 2.03. The number of terminal acetylenes is 1. The number of anilines is 1. The smallest absolute Gasteiger partial charge is 0.246 e. The normalized spacial score (nSPS) is 11.8. The van der Waals surface area contributed by atoms with Crippen LogP contribution in [-0.4, -0.2) is 24.5 Å². The van der Waals surface area contributed by atoms with Gasteiger partial charge in [-0.1, -0.05) is 18.9 Å². The molecule has 0 heterocycles. The van der Waals surface area contributed by atoms with Gasteiger partial charge in [0.15, 0.2) is 5.96 Å². The third-order valence-electron chi connectivity index (χ3n) is 2.71. The average Bonchev–Trinajstić information content (AvgIpc) is 2.45. The summed E-state index contributed by atoms with van der Waals surface area (Å²) in [7, 11) is 0. The van der Waals surface area contributed by atoms with Crippen LogP contribution < -0.4 is 16.4 Å². The molecular formula is C15H21IN4O. The van der Waals surface area contributed by atoms with Crippen LogP contribution in [0.1, 0.15) is 25.8 Å². The van der Waals surface area contributed by atoms with Crippen LogP contribution in [0.3, 0.4) is 0 Å². The van der Waals surface area contributed by atoms with Crippen molar-refractivity contribution in [2.24, 2.45) is 10.7 Å². The zero-order valence-electron chi connectivity index (χ0n) is 12.2. The number of carbonyl (C=O) groups is 1. The monoisotopic (exact) mass is 400 g/mol. The Hall–Kier alpha value is -1.75. The number of carbonyl (C=O) groups excluding carboxylic acids is 1. The molecule has 0 aliphatic carbocycles. The molecule has 1 amide bonds. The highest BCUT2D eigenvalue weighted by Crippen LogP contribution is 2.09. The van der Waals surface area contributed by atoms with Crippen LogP contribution in [0.2, 0.25) is 0 Å². The van der Waals surface area contributed by atoms with Gasteiger partial charge in [-0.2, -0.15) is 0 Å². The first kappa shape index (κ1) is 19.2. The number of nitrogens with zero attached hydrogens (tertiary/aromatic N) is 1. The van der Waals surface area contributed by atoms with Gasteiger partial charge in [0.05, 0.1) is 0 Å². The molecule has 0 fully saturated rings. The van der Waals surface area contributed by atoms with E-state index >= 15 is 0 Å². The Kier molecular flexibility index (Phi) is 9.21. The van der Waals surface area contributed by atoms with Crippen molar-refractivity contribution in [2.75, 3.05) is 11.9 Å². The van der Waals surface area contributed by atoms with Crippen molar-refractivity contribution in [3.8, 4) is 12.3 Å². The van der Waals surface area contributed by atoms with Crippen LogP contribution in [0, 0.1) is 12.3 Å². The van der Waals surface area contributed by atoms with Gasteiger partial charge in [0.2, 0.25) is 5.91 Å². The first-order chi connectivity index (χ1) is 9.55. The quantitative estimate of drug-likeness (QED) is 0.306. The number of hydrogen-bond donors (Lipinski definition) is 3. The van der Waals surface area contributed by atoms with E-state index in [1.54, 1.807) is 24.3 Å². The van der Waals surface area contributed by atoms with Gasteiger partial charge < -0.3 is 16.4 Å². The second kappa shape index (κ2) is 10.0. The van der Waals surface area contributed by atoms with E-state index in [0.29, 0.717) is 11.3 Å². The van der Waals surface area contributed by atoms with Gasteiger partial charge >= 0.3 is 0 Å². The molecule has 4 N–H and O–H groups in total. The number of benzene rings is 1. The predicted molar refractivity (Wildman–Crippen MR) is 97.8 cm³/mol. The predicted octanol–water partition coefficient (Wildman–Crippen LogP) is 1.93. The van der Waals surface area contributed by atoms with E-state index < -0.39 is 0 Å². The van der Waals surface area contributed by atoms with Crippen LogP contribution >= 0.6 is 24.0 Å². The Morgan fingerprint density at radius 2 is 2.24 bits per heavy atom. The number of halogens is 1. The summed E-state index contributed by atoms with van der Waals surface area (Å²) in [6.07, 6.45) is 6.23. The van der Waals surface area contributed by atoms with Crippen LogP contribution in [0.25, 0.3) is 0 Å². The van der Waals surface area contributed by atoms with Gasteiger partial charge in [-0.25, -0.2) is 4.99 Å². The molecule has 1 unspecified atom stereocenters. The lowest BCUT2D eigenvalue weighted by molar-refractivity contribution is -0.114. The van der Waals surface area contributed by atoms with E-state index in [-0.39, 0.29) is 48.4 Å². The lowest BCUT2D eigenvalue weighted by Crippen LogP contribution is -2.38. The Labute approximate surface area is 142 Å². The number of amides is 1. The summed E-state index contributed by atoms with van der Waals surface area (Å²) < 4.78 is 0. The van der Waals surface area contributed by atoms with E-state index in [9.17, 15) is 4.79 Å². The molecule has 0 aliphatic rings. The first-order valence-corrected chi connectivity index (χ1v) is 6.48. The summed E-state index contributed by atoms with van der Waals surface area (Å²) in [5.41, 5.74) is 7.03. The maximum absolute atomic E-state index is 11.7. The topological polar surface area (TPSA) is 79.5 Å². The number of guanidine groups is 1. The Morgan fingerprint density at radius 1 is 1.52 bits per heavy atom. The lowest BCUT2D eigenvalue weighted by atomic mass is 10.2. The van der Waals surface area contributed by atoms with Gasteiger partial charge in [0.1, 0.15) is 6.54 Å². The second-order valence-electron chi connectivity index (χ2n) is 4.43. The molecule has 1 aromatic carbocycles. The molecule has 0 bridgehead atoms. The van der Waals surface area contributed by atoms with Crippen LogP contribution in [-0.2, 0) is 4.79 Å². The zero-order valence-corrected chi connectivity index (χ0v) is 14.5. The van der Waals surface area contributed by atoms with Gasteiger partial charge in [0, 0.05) is 17.3 Å². The Balaban J connectivity index is 0.00000400. The maximum atomic E-state index is 11.7. The number of nitrogens with one attached hydrogen (secondary N) is 2. The van der Waals surface area contributed by atoms with Crippen molar-refractivity contribution >= 4 is 41.5 Å². The van der Waals surface area contributed by atoms with Crippen molar-refractivity contribution in [1.82, 2.24) is 5.32 Å². The maximum Gasteiger partial charge on any atom is 0.246 e. The van der Waals surface area contributed by atoms with Gasteiger partial charge in [-0.3, -0.25) is 4.79 Å². The number of nitrogens with two attached hydrogens (primary N) is 1. The average molecular weight is 400 g/mol. The van der Waals surface area contributed by atoms with Crippen LogP contribution in [0.5, 0.6) is 0 Å². The Bertz CT molecular complexity index is 537. The number of hydrogen-bond acceptors (Lipinski definition) is 2. The minimum Gasteiger partial charge on any atom is -0.370 e. The third-order valence-corrected chi connectivity index (χ3v) is 2.71. The molecule has 0 spiro atoms. The van der Waals surface area contributed by atoms with Crippen molar-refractivity contribution in [2.45, 2.75) is 26.3 Å². The molecule has 0 saturated carbocycles. The minimum absolute atomic E-state index is 0. The molecule has 1 atom stereocenters. The summed E-state index contributed by atoms with van der Waals surface area (Å²) >= 11 is 0. The van der Waals surface area contributed by atoms with E-state index in [0.717, 1.165) is 6.42 Å². The number of rotatable bonds is 5. The fraction of sp³-hybridized carbons (Fsp3) is 0.333. The molecule has 114 valence electrons. The van der Waals surface area contributed by atoms with Crippen molar-refractivity contribution in [3.05, 3.63) is 29.8 Å². The molecule has 0 saturated heterocycles. The molecule has 0 aromatic heterocycles. The summed E-state index contributed by atoms with van der Waals surface area (Å²) in [6, 6.07) is 7.30. The van der Waals surface area contributed by atoms with Crippen LogP contribution in [0.4, 0.5) is 5.69 Å². The molecular weight excluding hydrogens is 379 g/mol. The van der Waals surface area contributed by atoms with E-state index in [1.165, 1.54) is 0 Å². The van der Waals surface area contributed by atoms with Gasteiger partial charge in [-0.05, 0) is 31.5 Å². The summed E-state index contributed by atoms with van der Waals surface area (Å²) in [6.45, 7) is 4.00. The van der Waals surface area contributed by atoms with E-state index in [4.69, 9.17) is 12.2 Å². The molecule has 1 rings (SSSR count). The van der Waals surface area contributed by atoms with E-state index in [2.05, 4.69) is 21.5 Å². The van der Waals surface area contributed by atoms with Crippen molar-refractivity contribution in [1.29, 1.82) is 0 Å². The summed E-state index contributed by atoms with van der Waals surface area (Å²) in [4.78, 5) is 15.7. The molecule has 21 heavy (non-hydrogen) atoms. The van der Waals surface area contributed by atoms with Gasteiger partial charge in [0.25, 0.3) is 0 Å². The number of aliphatic imine (C=N–C) groups is 1. The molecule has 6 heteroatoms. The lowest BCUT2D eigenvalue weighted by Gasteiger charge is -2.11. The Morgan fingerprint density at radius 3 is 2.86 bits per heavy atom. The highest BCUT2D eigenvalue weighted by atomic mass is 127. The van der Waals surface area contributed by atoms with Crippen LogP contribution in [0.15, 0.2) is 29.3 Å². The fourth-order valence-corrected chi connectivity index (χ4v) is 1.44. The molecule has 0 aliphatic heterocycles. The van der Waals surface area contributed by atoms with Crippen molar-refractivity contribution < 1.29 is 4.79 Å². The van der Waals surface area contributed by atoms with Crippen molar-refractivity contribution in [3.63, 3.8) is 0 Å². The fourth-order valence-electron chi connectivity index (χ4n) is 1.44. The SMILES string of the molecule is C#Cc1cccc(NC(=O)CN=C(N)NC(C)CC)c1.I. The zero-order chi connectivity index (χ0) is 15.0. The standard InChI is InChI=1S/C15H20N4O.HI/c1-4-11(3)18-15(16)17-10-14(20)19-13-8-6-7-12(5-2)9-13;/h2,6-9,11H,4,10H2,1,3H3,(H,19,20)(H3,16,17,18);1H. The highest BCUT2D eigenvalue weighted by molar-refractivity contribution is 14.0. The summed E-state index contributed by atoms with van der Waals surface area (Å²) in [5, 5.41) is 5.70. The minimum atomic E-state index is -0.243. The molecule has 1 aromatic rings. The molecule has 5 nitrogen and oxygen atoms in total. The second-order valence-corrected chi connectivity index (χ2v) is 4.43. The largest absolute Gasteiger partial charge is 0.370 e. The summed E-state index contributed by atoms with van der Waals surface area (Å²) in [5.74, 6) is 2.54.